The van der Waals surface area contributed by atoms with E-state index < -0.39 is 5.56 Å². The highest BCUT2D eigenvalue weighted by Crippen LogP contribution is 2.29. The molecule has 0 aliphatic carbocycles. The van der Waals surface area contributed by atoms with Gasteiger partial charge < -0.3 is 9.47 Å². The number of nitrogens with one attached hydrogen (secondary N) is 2. The van der Waals surface area contributed by atoms with Gasteiger partial charge in [0.2, 0.25) is 5.13 Å². The zero-order valence-corrected chi connectivity index (χ0v) is 18.3. The fourth-order valence-corrected chi connectivity index (χ4v) is 3.89. The monoisotopic (exact) mass is 452 g/mol. The van der Waals surface area contributed by atoms with Crippen LogP contribution in [0.2, 0.25) is 0 Å². The number of rotatable bonds is 6. The number of ether oxygens (including phenoxy) is 2. The number of benzene rings is 2. The third-order valence-electron chi connectivity index (χ3n) is 4.67. The number of nitrogens with zero attached hydrogens (tertiary/aromatic N) is 2. The van der Waals surface area contributed by atoms with Gasteiger partial charge in [0.1, 0.15) is 17.1 Å². The Labute approximate surface area is 186 Å². The van der Waals surface area contributed by atoms with Crippen molar-refractivity contribution in [2.24, 2.45) is 0 Å². The van der Waals surface area contributed by atoms with Gasteiger partial charge in [-0.1, -0.05) is 35.6 Å². The largest absolute Gasteiger partial charge is 0.490 e. The van der Waals surface area contributed by atoms with Gasteiger partial charge in [0, 0.05) is 0 Å². The maximum atomic E-state index is 13.1. The molecule has 9 heteroatoms. The molecule has 7 nitrogen and oxygen atoms in total. The molecule has 0 radical (unpaired) electrons. The molecule has 0 unspecified atom stereocenters. The highest BCUT2D eigenvalue weighted by molar-refractivity contribution is 7.11. The molecule has 32 heavy (non-hydrogen) atoms. The molecule has 2 aliphatic heterocycles. The maximum Gasteiger partial charge on any atom is 0.283 e. The summed E-state index contributed by atoms with van der Waals surface area (Å²) in [6, 6.07) is 11.4. The second kappa shape index (κ2) is 9.19. The first-order chi connectivity index (χ1) is 15.5. The molecule has 2 aromatic carbocycles. The van der Waals surface area contributed by atoms with Gasteiger partial charge in [-0.2, -0.15) is 4.98 Å². The van der Waals surface area contributed by atoms with Gasteiger partial charge in [-0.3, -0.25) is 15.3 Å². The van der Waals surface area contributed by atoms with Crippen LogP contribution >= 0.6 is 11.3 Å². The van der Waals surface area contributed by atoms with Crippen LogP contribution in [-0.2, 0) is 6.61 Å². The van der Waals surface area contributed by atoms with Crippen molar-refractivity contribution in [2.45, 2.75) is 20.5 Å². The highest BCUT2D eigenvalue weighted by Gasteiger charge is 2.11. The minimum absolute atomic E-state index is 0.0268. The molecular formula is C23H21FN4O3S. The van der Waals surface area contributed by atoms with Gasteiger partial charge in [-0.25, -0.2) is 9.07 Å². The number of hydrogen-bond donors (Lipinski definition) is 2. The molecule has 164 valence electrons. The lowest BCUT2D eigenvalue weighted by atomic mass is 10.1. The summed E-state index contributed by atoms with van der Waals surface area (Å²) in [5.41, 5.74) is 1.06. The smallest absolute Gasteiger partial charge is 0.283 e. The molecule has 2 aromatic rings. The Morgan fingerprint density at radius 1 is 1.19 bits per heavy atom. The number of fused-ring (bicyclic) bond motifs is 1. The van der Waals surface area contributed by atoms with Crippen LogP contribution < -0.4 is 30.4 Å². The summed E-state index contributed by atoms with van der Waals surface area (Å²) in [6.07, 6.45) is 3.46. The molecule has 0 spiro atoms. The van der Waals surface area contributed by atoms with Gasteiger partial charge in [0.25, 0.3) is 5.56 Å². The SMILES string of the molecule is CC=c1[nH]n2c(=N)c(=Cc3ccc(OCc4ccc(F)cc4)c(OCC)c3)c(=O)nc-2s1. The van der Waals surface area contributed by atoms with Crippen LogP contribution in [0, 0.1) is 11.2 Å². The summed E-state index contributed by atoms with van der Waals surface area (Å²) in [4.78, 5) is 16.6. The van der Waals surface area contributed by atoms with Crippen molar-refractivity contribution in [2.75, 3.05) is 6.61 Å². The van der Waals surface area contributed by atoms with Crippen LogP contribution in [0.4, 0.5) is 4.39 Å². The lowest BCUT2D eigenvalue weighted by Crippen LogP contribution is -2.47. The average Bonchev–Trinajstić information content (AvgIpc) is 3.20. The van der Waals surface area contributed by atoms with Crippen molar-refractivity contribution in [3.05, 3.63) is 85.1 Å². The first kappa shape index (κ1) is 21.5. The molecule has 2 N–H and O–H groups in total. The molecule has 0 aromatic heterocycles. The molecule has 2 aliphatic rings. The summed E-state index contributed by atoms with van der Waals surface area (Å²) < 4.78 is 27.0. The van der Waals surface area contributed by atoms with E-state index in [1.807, 2.05) is 19.9 Å². The van der Waals surface area contributed by atoms with E-state index in [1.54, 1.807) is 36.4 Å². The number of H-pyrrole nitrogens is 1. The Kier molecular flexibility index (Phi) is 6.18. The van der Waals surface area contributed by atoms with Crippen LogP contribution in [0.15, 0.2) is 47.3 Å². The summed E-state index contributed by atoms with van der Waals surface area (Å²) >= 11 is 1.31. The molecule has 2 heterocycles. The van der Waals surface area contributed by atoms with E-state index >= 15 is 0 Å². The Balaban J connectivity index is 1.70. The fourth-order valence-electron chi connectivity index (χ4n) is 3.08. The van der Waals surface area contributed by atoms with Gasteiger partial charge in [0.05, 0.1) is 11.8 Å². The third kappa shape index (κ3) is 4.47. The van der Waals surface area contributed by atoms with Crippen molar-refractivity contribution in [1.82, 2.24) is 14.8 Å². The first-order valence-electron chi connectivity index (χ1n) is 9.97. The molecule has 4 rings (SSSR count). The molecule has 0 fully saturated rings. The Morgan fingerprint density at radius 2 is 1.97 bits per heavy atom. The summed E-state index contributed by atoms with van der Waals surface area (Å²) in [5, 5.41) is 12.1. The Bertz CT molecular complexity index is 1450. The van der Waals surface area contributed by atoms with E-state index in [2.05, 4.69) is 10.1 Å². The van der Waals surface area contributed by atoms with Crippen LogP contribution in [0.1, 0.15) is 25.0 Å². The number of aromatic nitrogens is 3. The van der Waals surface area contributed by atoms with E-state index in [1.165, 1.54) is 28.2 Å². The van der Waals surface area contributed by atoms with Crippen LogP contribution in [0.5, 0.6) is 11.5 Å². The summed E-state index contributed by atoms with van der Waals surface area (Å²) in [7, 11) is 0. The highest BCUT2D eigenvalue weighted by atomic mass is 32.1. The van der Waals surface area contributed by atoms with E-state index in [0.29, 0.717) is 28.8 Å². The van der Waals surface area contributed by atoms with Crippen LogP contribution in [0.3, 0.4) is 0 Å². The van der Waals surface area contributed by atoms with Gasteiger partial charge >= 0.3 is 0 Å². The van der Waals surface area contributed by atoms with Crippen molar-refractivity contribution in [3.63, 3.8) is 0 Å². The molecule has 0 amide bonds. The third-order valence-corrected chi connectivity index (χ3v) is 5.67. The quantitative estimate of drug-likeness (QED) is 0.470. The molecular weight excluding hydrogens is 431 g/mol. The first-order valence-corrected chi connectivity index (χ1v) is 10.8. The van der Waals surface area contributed by atoms with Crippen molar-refractivity contribution >= 4 is 23.5 Å². The minimum Gasteiger partial charge on any atom is -0.490 e. The van der Waals surface area contributed by atoms with Crippen molar-refractivity contribution in [1.29, 1.82) is 5.41 Å². The number of hydrogen-bond acceptors (Lipinski definition) is 6. The number of aromatic amines is 1. The number of halogens is 1. The lowest BCUT2D eigenvalue weighted by molar-refractivity contribution is 0.269. The topological polar surface area (TPSA) is 93.0 Å². The summed E-state index contributed by atoms with van der Waals surface area (Å²) in [6.45, 7) is 4.41. The van der Waals surface area contributed by atoms with E-state index in [-0.39, 0.29) is 23.1 Å². The standard InChI is InChI=1S/C23H21FN4O3S/c1-3-20-27-28-21(25)17(22(29)26-23(28)32-20)11-15-7-10-18(19(12-15)30-4-2)31-13-14-5-8-16(24)9-6-14/h3,5-12,25,27H,4,13H2,1-2H3. The van der Waals surface area contributed by atoms with Crippen molar-refractivity contribution < 1.29 is 13.9 Å². The van der Waals surface area contributed by atoms with Crippen LogP contribution in [-0.4, -0.2) is 21.4 Å². The Morgan fingerprint density at radius 3 is 2.69 bits per heavy atom. The maximum absolute atomic E-state index is 13.1. The van der Waals surface area contributed by atoms with Gasteiger partial charge in [-0.05, 0) is 55.3 Å². The second-order valence-electron chi connectivity index (χ2n) is 6.86. The molecule has 0 atom stereocenters. The average molecular weight is 453 g/mol. The minimum atomic E-state index is -0.470. The zero-order chi connectivity index (χ0) is 22.7. The van der Waals surface area contributed by atoms with Crippen molar-refractivity contribution in [3.8, 4) is 16.6 Å². The van der Waals surface area contributed by atoms with E-state index in [0.717, 1.165) is 10.2 Å². The zero-order valence-electron chi connectivity index (χ0n) is 17.5. The normalized spacial score (nSPS) is 12.5. The van der Waals surface area contributed by atoms with E-state index in [4.69, 9.17) is 14.9 Å². The molecule has 0 saturated carbocycles. The Hall–Kier alpha value is -3.72. The van der Waals surface area contributed by atoms with E-state index in [9.17, 15) is 9.18 Å². The predicted molar refractivity (Wildman–Crippen MR) is 120 cm³/mol. The fraction of sp³-hybridized carbons (Fsp3) is 0.174. The summed E-state index contributed by atoms with van der Waals surface area (Å²) in [5.74, 6) is 0.734. The molecule has 0 bridgehead atoms. The van der Waals surface area contributed by atoms with Crippen LogP contribution in [0.25, 0.3) is 17.3 Å². The second-order valence-corrected chi connectivity index (χ2v) is 7.87. The van der Waals surface area contributed by atoms with Gasteiger partial charge in [0.15, 0.2) is 17.0 Å². The lowest BCUT2D eigenvalue weighted by Gasteiger charge is -2.13. The van der Waals surface area contributed by atoms with Gasteiger partial charge in [-0.15, -0.1) is 0 Å². The molecule has 0 saturated heterocycles. The predicted octanol–water partition coefficient (Wildman–Crippen LogP) is 2.29.